The van der Waals surface area contributed by atoms with Crippen molar-refractivity contribution in [2.75, 3.05) is 18.1 Å². The smallest absolute Gasteiger partial charge is 0.266 e. The number of aromatic nitrogens is 2. The molecule has 0 spiro atoms. The third-order valence-corrected chi connectivity index (χ3v) is 5.71. The lowest BCUT2D eigenvalue weighted by molar-refractivity contribution is 0.505. The normalized spacial score (nSPS) is 21.7. The van der Waals surface area contributed by atoms with Crippen molar-refractivity contribution in [1.29, 1.82) is 0 Å². The van der Waals surface area contributed by atoms with Gasteiger partial charge in [0.05, 0.1) is 15.1 Å². The standard InChI is InChI=1S/C11H16IN3O3S/c1-8-14-6-10(12)11(16)15(8)4-3-13-9-2-5-19(17,18)7-9/h6,9,13H,2-5,7H2,1H3. The molecule has 2 rings (SSSR count). The summed E-state index contributed by atoms with van der Waals surface area (Å²) in [4.78, 5) is 16.1. The van der Waals surface area contributed by atoms with Crippen molar-refractivity contribution in [2.45, 2.75) is 25.9 Å². The van der Waals surface area contributed by atoms with Crippen molar-refractivity contribution in [3.63, 3.8) is 0 Å². The fourth-order valence-electron chi connectivity index (χ4n) is 2.15. The Labute approximate surface area is 125 Å². The van der Waals surface area contributed by atoms with E-state index in [1.165, 1.54) is 0 Å². The third-order valence-electron chi connectivity index (χ3n) is 3.21. The number of rotatable bonds is 4. The minimum atomic E-state index is -2.86. The van der Waals surface area contributed by atoms with Crippen LogP contribution in [0.1, 0.15) is 12.2 Å². The summed E-state index contributed by atoms with van der Waals surface area (Å²) in [5.74, 6) is 1.13. The quantitative estimate of drug-likeness (QED) is 0.720. The van der Waals surface area contributed by atoms with Crippen LogP contribution in [0.2, 0.25) is 0 Å². The van der Waals surface area contributed by atoms with Crippen LogP contribution in [0.4, 0.5) is 0 Å². The zero-order chi connectivity index (χ0) is 14.0. The molecule has 0 amide bonds. The Morgan fingerprint density at radius 1 is 1.58 bits per heavy atom. The van der Waals surface area contributed by atoms with Crippen molar-refractivity contribution < 1.29 is 8.42 Å². The summed E-state index contributed by atoms with van der Waals surface area (Å²) in [6.45, 7) is 2.87. The number of hydrogen-bond acceptors (Lipinski definition) is 5. The lowest BCUT2D eigenvalue weighted by Crippen LogP contribution is -2.36. The summed E-state index contributed by atoms with van der Waals surface area (Å²) in [6, 6.07) is 0.0109. The van der Waals surface area contributed by atoms with Crippen LogP contribution in [0.3, 0.4) is 0 Å². The van der Waals surface area contributed by atoms with E-state index in [0.717, 1.165) is 0 Å². The Bertz CT molecular complexity index is 627. The largest absolute Gasteiger partial charge is 0.311 e. The molecule has 1 N–H and O–H groups in total. The van der Waals surface area contributed by atoms with Gasteiger partial charge in [-0.25, -0.2) is 13.4 Å². The summed E-state index contributed by atoms with van der Waals surface area (Å²) in [5, 5.41) is 3.19. The van der Waals surface area contributed by atoms with Crippen LogP contribution in [0.5, 0.6) is 0 Å². The first-order chi connectivity index (χ1) is 8.89. The van der Waals surface area contributed by atoms with E-state index in [1.807, 2.05) is 22.6 Å². The fraction of sp³-hybridized carbons (Fsp3) is 0.636. The topological polar surface area (TPSA) is 81.1 Å². The van der Waals surface area contributed by atoms with E-state index in [-0.39, 0.29) is 23.1 Å². The molecule has 19 heavy (non-hydrogen) atoms. The number of aryl methyl sites for hydroxylation is 1. The number of nitrogens with one attached hydrogen (secondary N) is 1. The Kier molecular flexibility index (Phi) is 4.62. The molecule has 0 bridgehead atoms. The highest BCUT2D eigenvalue weighted by atomic mass is 127. The third kappa shape index (κ3) is 3.76. The van der Waals surface area contributed by atoms with Gasteiger partial charge in [-0.05, 0) is 35.9 Å². The molecule has 0 aliphatic carbocycles. The van der Waals surface area contributed by atoms with Crippen LogP contribution in [0.15, 0.2) is 11.0 Å². The van der Waals surface area contributed by atoms with E-state index in [4.69, 9.17) is 0 Å². The van der Waals surface area contributed by atoms with Crippen LogP contribution < -0.4 is 10.9 Å². The van der Waals surface area contributed by atoms with E-state index in [0.29, 0.717) is 28.9 Å². The van der Waals surface area contributed by atoms with Gasteiger partial charge in [-0.2, -0.15) is 0 Å². The Morgan fingerprint density at radius 3 is 2.95 bits per heavy atom. The molecule has 1 aliphatic rings. The lowest BCUT2D eigenvalue weighted by Gasteiger charge is -2.13. The molecule has 1 fully saturated rings. The zero-order valence-corrected chi connectivity index (χ0v) is 13.6. The monoisotopic (exact) mass is 397 g/mol. The van der Waals surface area contributed by atoms with Gasteiger partial charge in [0.15, 0.2) is 9.84 Å². The Hall–Kier alpha value is -0.480. The molecule has 0 aromatic carbocycles. The molecule has 1 unspecified atom stereocenters. The van der Waals surface area contributed by atoms with Crippen molar-refractivity contribution in [2.24, 2.45) is 0 Å². The highest BCUT2D eigenvalue weighted by Crippen LogP contribution is 2.10. The predicted molar refractivity (Wildman–Crippen MR) is 81.0 cm³/mol. The number of nitrogens with zero attached hydrogens (tertiary/aromatic N) is 2. The van der Waals surface area contributed by atoms with Gasteiger partial charge < -0.3 is 5.32 Å². The molecule has 8 heteroatoms. The maximum atomic E-state index is 11.9. The Morgan fingerprint density at radius 2 is 2.32 bits per heavy atom. The van der Waals surface area contributed by atoms with E-state index in [2.05, 4.69) is 10.3 Å². The molecule has 0 radical (unpaired) electrons. The molecule has 1 aromatic rings. The lowest BCUT2D eigenvalue weighted by atomic mass is 10.2. The number of sulfone groups is 1. The number of hydrogen-bond donors (Lipinski definition) is 1. The first-order valence-electron chi connectivity index (χ1n) is 6.05. The SMILES string of the molecule is Cc1ncc(I)c(=O)n1CCNC1CCS(=O)(=O)C1. The van der Waals surface area contributed by atoms with Gasteiger partial charge in [0.25, 0.3) is 5.56 Å². The van der Waals surface area contributed by atoms with Crippen molar-refractivity contribution in [3.05, 3.63) is 25.9 Å². The average molecular weight is 397 g/mol. The molecular formula is C11H16IN3O3S. The molecule has 1 aromatic heterocycles. The van der Waals surface area contributed by atoms with Gasteiger partial charge in [-0.1, -0.05) is 0 Å². The number of halogens is 1. The predicted octanol–water partition coefficient (Wildman–Crippen LogP) is -0.0670. The summed E-state index contributed by atoms with van der Waals surface area (Å²) < 4.78 is 24.8. The Balaban J connectivity index is 1.94. The van der Waals surface area contributed by atoms with Crippen molar-refractivity contribution >= 4 is 32.4 Å². The maximum Gasteiger partial charge on any atom is 0.266 e. The van der Waals surface area contributed by atoms with Crippen molar-refractivity contribution in [3.8, 4) is 0 Å². The summed E-state index contributed by atoms with van der Waals surface area (Å²) in [7, 11) is -2.86. The van der Waals surface area contributed by atoms with Crippen LogP contribution >= 0.6 is 22.6 Å². The summed E-state index contributed by atoms with van der Waals surface area (Å²) in [6.07, 6.45) is 2.21. The molecule has 0 saturated carbocycles. The average Bonchev–Trinajstić information content (AvgIpc) is 2.68. The maximum absolute atomic E-state index is 11.9. The fourth-order valence-corrected chi connectivity index (χ4v) is 4.29. The van der Waals surface area contributed by atoms with Crippen LogP contribution in [-0.4, -0.2) is 42.1 Å². The first-order valence-corrected chi connectivity index (χ1v) is 8.95. The first kappa shape index (κ1) is 14.9. The molecular weight excluding hydrogens is 381 g/mol. The molecule has 2 heterocycles. The highest BCUT2D eigenvalue weighted by Gasteiger charge is 2.27. The van der Waals surface area contributed by atoms with Crippen molar-refractivity contribution in [1.82, 2.24) is 14.9 Å². The van der Waals surface area contributed by atoms with Gasteiger partial charge in [-0.15, -0.1) is 0 Å². The van der Waals surface area contributed by atoms with Crippen LogP contribution in [0.25, 0.3) is 0 Å². The zero-order valence-electron chi connectivity index (χ0n) is 10.6. The van der Waals surface area contributed by atoms with E-state index in [9.17, 15) is 13.2 Å². The molecule has 106 valence electrons. The molecule has 1 aliphatic heterocycles. The second kappa shape index (κ2) is 5.88. The highest BCUT2D eigenvalue weighted by molar-refractivity contribution is 14.1. The van der Waals surface area contributed by atoms with Crippen LogP contribution in [0, 0.1) is 10.5 Å². The minimum absolute atomic E-state index is 0.0109. The summed E-state index contributed by atoms with van der Waals surface area (Å²) >= 11 is 1.97. The second-order valence-corrected chi connectivity index (χ2v) is 8.06. The van der Waals surface area contributed by atoms with E-state index >= 15 is 0 Å². The van der Waals surface area contributed by atoms with Crippen LogP contribution in [-0.2, 0) is 16.4 Å². The van der Waals surface area contributed by atoms with Gasteiger partial charge in [0.1, 0.15) is 5.82 Å². The van der Waals surface area contributed by atoms with Gasteiger partial charge in [-0.3, -0.25) is 9.36 Å². The minimum Gasteiger partial charge on any atom is -0.311 e. The summed E-state index contributed by atoms with van der Waals surface area (Å²) in [5.41, 5.74) is -0.0473. The van der Waals surface area contributed by atoms with E-state index < -0.39 is 9.84 Å². The molecule has 1 saturated heterocycles. The second-order valence-electron chi connectivity index (χ2n) is 4.66. The van der Waals surface area contributed by atoms with E-state index in [1.54, 1.807) is 17.7 Å². The van der Waals surface area contributed by atoms with Gasteiger partial charge in [0, 0.05) is 25.3 Å². The molecule has 1 atom stereocenters. The van der Waals surface area contributed by atoms with Gasteiger partial charge in [0.2, 0.25) is 0 Å². The van der Waals surface area contributed by atoms with Gasteiger partial charge >= 0.3 is 0 Å². The molecule has 6 nitrogen and oxygen atoms in total.